The molecular formula is C34H63NO7P+. The molecule has 0 amide bonds. The Morgan fingerprint density at radius 1 is 0.744 bits per heavy atom. The first-order valence-electron chi connectivity index (χ1n) is 16.4. The van der Waals surface area contributed by atoms with E-state index in [1.54, 1.807) is 0 Å². The summed E-state index contributed by atoms with van der Waals surface area (Å²) >= 11 is 0. The largest absolute Gasteiger partial charge is 0.472 e. The smallest absolute Gasteiger partial charge is 0.457 e. The average molecular weight is 629 g/mol. The van der Waals surface area contributed by atoms with Gasteiger partial charge < -0.3 is 18.9 Å². The molecule has 0 aliphatic carbocycles. The van der Waals surface area contributed by atoms with Crippen molar-refractivity contribution in [2.75, 3.05) is 54.1 Å². The summed E-state index contributed by atoms with van der Waals surface area (Å²) in [4.78, 5) is 22.6. The molecule has 9 heteroatoms. The van der Waals surface area contributed by atoms with Crippen LogP contribution in [0.4, 0.5) is 0 Å². The summed E-state index contributed by atoms with van der Waals surface area (Å²) < 4.78 is 34.5. The van der Waals surface area contributed by atoms with Gasteiger partial charge in [0, 0.05) is 13.0 Å². The molecule has 2 unspecified atom stereocenters. The fourth-order valence-electron chi connectivity index (χ4n) is 3.86. The molecule has 43 heavy (non-hydrogen) atoms. The van der Waals surface area contributed by atoms with Crippen LogP contribution >= 0.6 is 7.82 Å². The van der Waals surface area contributed by atoms with Gasteiger partial charge in [0.15, 0.2) is 0 Å². The van der Waals surface area contributed by atoms with Crippen LogP contribution in [0.2, 0.25) is 0 Å². The number of phosphoric acid groups is 1. The summed E-state index contributed by atoms with van der Waals surface area (Å²) in [7, 11) is 1.61. The van der Waals surface area contributed by atoms with Gasteiger partial charge in [-0.15, -0.1) is 0 Å². The highest BCUT2D eigenvalue weighted by Gasteiger charge is 2.26. The molecule has 0 bridgehead atoms. The number of hydrogen-bond acceptors (Lipinski definition) is 6. The van der Waals surface area contributed by atoms with Gasteiger partial charge in [0.25, 0.3) is 0 Å². The number of hydrogen-bond donors (Lipinski definition) is 1. The summed E-state index contributed by atoms with van der Waals surface area (Å²) in [5.74, 6) is -0.398. The minimum absolute atomic E-state index is 0.0749. The van der Waals surface area contributed by atoms with E-state index in [0.29, 0.717) is 24.1 Å². The highest BCUT2D eigenvalue weighted by molar-refractivity contribution is 7.47. The van der Waals surface area contributed by atoms with Crippen LogP contribution in [-0.2, 0) is 27.9 Å². The highest BCUT2D eigenvalue weighted by atomic mass is 31.2. The second kappa shape index (κ2) is 28.0. The van der Waals surface area contributed by atoms with Crippen molar-refractivity contribution in [1.29, 1.82) is 0 Å². The Labute approximate surface area is 263 Å². The van der Waals surface area contributed by atoms with Crippen LogP contribution in [0, 0.1) is 0 Å². The predicted molar refractivity (Wildman–Crippen MR) is 178 cm³/mol. The second-order valence-corrected chi connectivity index (χ2v) is 13.3. The van der Waals surface area contributed by atoms with Crippen LogP contribution < -0.4 is 0 Å². The van der Waals surface area contributed by atoms with Crippen molar-refractivity contribution in [2.24, 2.45) is 0 Å². The molecule has 0 aliphatic rings. The van der Waals surface area contributed by atoms with Crippen LogP contribution in [0.1, 0.15) is 104 Å². The Bertz CT molecular complexity index is 833. The third-order valence-corrected chi connectivity index (χ3v) is 7.40. The van der Waals surface area contributed by atoms with Crippen LogP contribution in [0.15, 0.2) is 48.6 Å². The summed E-state index contributed by atoms with van der Waals surface area (Å²) in [6.45, 7) is 5.34. The average Bonchev–Trinajstić information content (AvgIpc) is 2.94. The number of esters is 1. The lowest BCUT2D eigenvalue weighted by molar-refractivity contribution is -0.870. The molecule has 1 N–H and O–H groups in total. The topological polar surface area (TPSA) is 91.3 Å². The maximum Gasteiger partial charge on any atom is 0.472 e. The van der Waals surface area contributed by atoms with Gasteiger partial charge in [0.2, 0.25) is 0 Å². The van der Waals surface area contributed by atoms with E-state index < -0.39 is 19.9 Å². The maximum absolute atomic E-state index is 12.5. The number of carbonyl (C=O) groups is 1. The molecule has 0 saturated heterocycles. The first-order chi connectivity index (χ1) is 20.6. The van der Waals surface area contributed by atoms with E-state index in [9.17, 15) is 14.3 Å². The van der Waals surface area contributed by atoms with Crippen LogP contribution in [-0.4, -0.2) is 75.6 Å². The Balaban J connectivity index is 4.51. The fraction of sp³-hybridized carbons (Fsp3) is 0.735. The van der Waals surface area contributed by atoms with Crippen LogP contribution in [0.25, 0.3) is 0 Å². The van der Waals surface area contributed by atoms with Crippen molar-refractivity contribution < 1.29 is 37.3 Å². The van der Waals surface area contributed by atoms with E-state index in [2.05, 4.69) is 50.3 Å². The molecule has 0 aromatic carbocycles. The molecule has 0 saturated carbocycles. The van der Waals surface area contributed by atoms with Gasteiger partial charge in [0.1, 0.15) is 19.3 Å². The number of phosphoric ester groups is 1. The quantitative estimate of drug-likeness (QED) is 0.0292. The Kier molecular flexibility index (Phi) is 27.0. The number of likely N-dealkylation sites (N-methyl/N-ethyl adjacent to an activating group) is 1. The number of nitrogens with zero attached hydrogens (tertiary/aromatic N) is 1. The summed E-state index contributed by atoms with van der Waals surface area (Å²) in [5.41, 5.74) is 0. The van der Waals surface area contributed by atoms with Gasteiger partial charge in [-0.05, 0) is 38.5 Å². The minimum atomic E-state index is -4.27. The lowest BCUT2D eigenvalue weighted by Crippen LogP contribution is -2.37. The van der Waals surface area contributed by atoms with Gasteiger partial charge >= 0.3 is 13.8 Å². The van der Waals surface area contributed by atoms with Gasteiger partial charge in [-0.2, -0.15) is 0 Å². The molecule has 0 spiro atoms. The molecule has 0 aromatic heterocycles. The number of quaternary nitrogens is 1. The van der Waals surface area contributed by atoms with E-state index in [1.807, 2.05) is 33.3 Å². The Morgan fingerprint density at radius 2 is 1.30 bits per heavy atom. The number of rotatable bonds is 29. The zero-order chi connectivity index (χ0) is 32.1. The molecule has 8 nitrogen and oxygen atoms in total. The molecule has 0 aliphatic heterocycles. The molecule has 0 rings (SSSR count). The third-order valence-electron chi connectivity index (χ3n) is 6.42. The molecule has 0 aromatic rings. The molecular weight excluding hydrogens is 565 g/mol. The summed E-state index contributed by atoms with van der Waals surface area (Å²) in [5, 5.41) is 0. The first-order valence-corrected chi connectivity index (χ1v) is 17.9. The zero-order valence-corrected chi connectivity index (χ0v) is 28.8. The molecule has 0 fully saturated rings. The third kappa shape index (κ3) is 31.7. The van der Waals surface area contributed by atoms with E-state index >= 15 is 0 Å². The Morgan fingerprint density at radius 3 is 1.88 bits per heavy atom. The van der Waals surface area contributed by atoms with Crippen molar-refractivity contribution in [3.8, 4) is 0 Å². The minimum Gasteiger partial charge on any atom is -0.457 e. The van der Waals surface area contributed by atoms with Gasteiger partial charge in [-0.1, -0.05) is 107 Å². The number of carbonyl (C=O) groups excluding carboxylic acids is 1. The summed E-state index contributed by atoms with van der Waals surface area (Å²) in [6, 6.07) is 0. The van der Waals surface area contributed by atoms with Crippen LogP contribution in [0.3, 0.4) is 0 Å². The van der Waals surface area contributed by atoms with Gasteiger partial charge in [-0.25, -0.2) is 4.57 Å². The lowest BCUT2D eigenvalue weighted by atomic mass is 10.1. The number of allylic oxidation sites excluding steroid dienone is 8. The standard InChI is InChI=1S/C34H62NO7P/c1-6-8-10-12-14-16-17-18-19-20-21-23-25-27-34(36)42-33(31-39-29-26-24-22-15-13-11-9-7-2)32-41-43(37,38)40-30-28-35(3,4)5/h8,10,14,16,18-19,21,23,33H,6-7,9,11-13,15,17,20,22,24-32H2,1-5H3/p+1/b10-8-,16-14-,19-18-,23-21-. The van der Waals surface area contributed by atoms with Crippen molar-refractivity contribution in [1.82, 2.24) is 0 Å². The lowest BCUT2D eigenvalue weighted by Gasteiger charge is -2.24. The zero-order valence-electron chi connectivity index (χ0n) is 27.9. The summed E-state index contributed by atoms with van der Waals surface area (Å²) in [6.07, 6.45) is 30.2. The number of ether oxygens (including phenoxy) is 2. The second-order valence-electron chi connectivity index (χ2n) is 11.8. The predicted octanol–water partition coefficient (Wildman–Crippen LogP) is 8.48. The van der Waals surface area contributed by atoms with Gasteiger partial charge in [0.05, 0.1) is 34.4 Å². The van der Waals surface area contributed by atoms with E-state index in [4.69, 9.17) is 18.5 Å². The molecule has 0 radical (unpaired) electrons. The molecule has 2 atom stereocenters. The fourth-order valence-corrected chi connectivity index (χ4v) is 4.60. The maximum atomic E-state index is 12.5. The van der Waals surface area contributed by atoms with E-state index in [0.717, 1.165) is 38.5 Å². The molecule has 250 valence electrons. The highest BCUT2D eigenvalue weighted by Crippen LogP contribution is 2.43. The first kappa shape index (κ1) is 41.5. The van der Waals surface area contributed by atoms with Crippen molar-refractivity contribution >= 4 is 13.8 Å². The van der Waals surface area contributed by atoms with Gasteiger partial charge in [-0.3, -0.25) is 13.8 Å². The monoisotopic (exact) mass is 628 g/mol. The Hall–Kier alpha value is -1.54. The van der Waals surface area contributed by atoms with Crippen molar-refractivity contribution in [3.05, 3.63) is 48.6 Å². The van der Waals surface area contributed by atoms with Crippen molar-refractivity contribution in [2.45, 2.75) is 110 Å². The molecule has 0 heterocycles. The normalized spacial score (nSPS) is 14.8. The van der Waals surface area contributed by atoms with E-state index in [1.165, 1.54) is 38.5 Å². The van der Waals surface area contributed by atoms with Crippen LogP contribution in [0.5, 0.6) is 0 Å². The number of unbranched alkanes of at least 4 members (excludes halogenated alkanes) is 7. The SMILES string of the molecule is CC/C=C\C/C=C\C/C=C\C/C=C\CCC(=O)OC(COCCCCCCCCCC)COP(=O)(O)OCC[N+](C)(C)C. The van der Waals surface area contributed by atoms with Crippen molar-refractivity contribution in [3.63, 3.8) is 0 Å². The van der Waals surface area contributed by atoms with E-state index in [-0.39, 0.29) is 26.2 Å².